The second-order valence-corrected chi connectivity index (χ2v) is 2.55. The molecule has 0 saturated heterocycles. The highest BCUT2D eigenvalue weighted by Crippen LogP contribution is 1.97. The highest BCUT2D eigenvalue weighted by molar-refractivity contribution is 7.72. The summed E-state index contributed by atoms with van der Waals surface area (Å²) in [5, 5.41) is 0. The normalized spacial score (nSPS) is 9.89. The minimum atomic E-state index is -2.42. The third-order valence-electron chi connectivity index (χ3n) is 0.911. The molecule has 0 amide bonds. The van der Waals surface area contributed by atoms with Crippen LogP contribution in [0, 0.1) is 6.07 Å². The van der Waals surface area contributed by atoms with E-state index in [2.05, 4.69) is 6.07 Å². The first-order chi connectivity index (χ1) is 4.30. The van der Waals surface area contributed by atoms with Crippen molar-refractivity contribution in [3.63, 3.8) is 0 Å². The Kier molecular flexibility index (Phi) is 1.85. The maximum Gasteiger partial charge on any atom is 0.168 e. The smallest absolute Gasteiger partial charge is 0.168 e. The average Bonchev–Trinajstić information content (AvgIpc) is 1.90. The number of rotatable bonds is 1. The molecule has 0 bridgehead atoms. The van der Waals surface area contributed by atoms with Crippen LogP contribution in [0.1, 0.15) is 0 Å². The first-order valence-corrected chi connectivity index (χ1v) is 3.59. The molecule has 1 aromatic rings. The summed E-state index contributed by atoms with van der Waals surface area (Å²) in [6.45, 7) is 0. The second kappa shape index (κ2) is 2.64. The Morgan fingerprint density at radius 2 is 1.78 bits per heavy atom. The molecule has 47 valence electrons. The van der Waals surface area contributed by atoms with Crippen LogP contribution in [-0.2, 0) is 10.7 Å². The van der Waals surface area contributed by atoms with Crippen LogP contribution >= 0.6 is 0 Å². The van der Waals surface area contributed by atoms with E-state index in [0.717, 1.165) is 0 Å². The first-order valence-electron chi connectivity index (χ1n) is 2.41. The molecule has 1 radical (unpaired) electrons. The zero-order valence-electron chi connectivity index (χ0n) is 4.57. The van der Waals surface area contributed by atoms with E-state index in [4.69, 9.17) is 0 Å². The molecule has 0 aromatic heterocycles. The summed E-state index contributed by atoms with van der Waals surface area (Å²) in [5.41, 5.74) is 0. The lowest BCUT2D eigenvalue weighted by Crippen LogP contribution is -1.75. The van der Waals surface area contributed by atoms with Gasteiger partial charge in [-0.05, 0) is 18.2 Å². The largest absolute Gasteiger partial charge is 0.227 e. The van der Waals surface area contributed by atoms with Gasteiger partial charge in [-0.25, -0.2) is 8.42 Å². The maximum absolute atomic E-state index is 10.2. The van der Waals surface area contributed by atoms with Crippen LogP contribution in [0.2, 0.25) is 0 Å². The van der Waals surface area contributed by atoms with Gasteiger partial charge < -0.3 is 0 Å². The Morgan fingerprint density at radius 1 is 1.22 bits per heavy atom. The van der Waals surface area contributed by atoms with Gasteiger partial charge in [0.25, 0.3) is 0 Å². The van der Waals surface area contributed by atoms with Crippen molar-refractivity contribution >= 4 is 10.7 Å². The summed E-state index contributed by atoms with van der Waals surface area (Å²) in [6.07, 6.45) is 0. The molecule has 0 unspecified atom stereocenters. The van der Waals surface area contributed by atoms with Gasteiger partial charge in [0.15, 0.2) is 10.7 Å². The Labute approximate surface area is 55.1 Å². The molecule has 0 fully saturated rings. The van der Waals surface area contributed by atoms with Gasteiger partial charge in [-0.1, -0.05) is 12.1 Å². The van der Waals surface area contributed by atoms with Gasteiger partial charge >= 0.3 is 0 Å². The molecule has 1 rings (SSSR count). The lowest BCUT2D eigenvalue weighted by atomic mass is 10.4. The fraction of sp³-hybridized carbons (Fsp3) is 0. The predicted octanol–water partition coefficient (Wildman–Crippen LogP) is 0.457. The number of thiol groups is 1. The average molecular weight is 141 g/mol. The summed E-state index contributed by atoms with van der Waals surface area (Å²) in [6, 6.07) is 8.87. The monoisotopic (exact) mass is 141 g/mol. The molecular weight excluding hydrogens is 136 g/mol. The summed E-state index contributed by atoms with van der Waals surface area (Å²) in [5.74, 6) is 0. The van der Waals surface area contributed by atoms with Crippen molar-refractivity contribution in [1.82, 2.24) is 0 Å². The number of hydrogen-bond donors (Lipinski definition) is 1. The third-order valence-corrected chi connectivity index (χ3v) is 1.63. The van der Waals surface area contributed by atoms with Crippen molar-refractivity contribution in [2.24, 2.45) is 0 Å². The zero-order chi connectivity index (χ0) is 6.69. The zero-order valence-corrected chi connectivity index (χ0v) is 5.47. The molecule has 0 spiro atoms. The second-order valence-electron chi connectivity index (χ2n) is 1.52. The molecule has 0 aliphatic rings. The van der Waals surface area contributed by atoms with Crippen LogP contribution < -0.4 is 0 Å². The molecule has 9 heavy (non-hydrogen) atoms. The van der Waals surface area contributed by atoms with Gasteiger partial charge in [0.1, 0.15) is 0 Å². The van der Waals surface area contributed by atoms with Crippen molar-refractivity contribution in [1.29, 1.82) is 0 Å². The Hall–Kier alpha value is -0.830. The van der Waals surface area contributed by atoms with Gasteiger partial charge in [-0.2, -0.15) is 0 Å². The summed E-state index contributed by atoms with van der Waals surface area (Å²) < 4.78 is 20.4. The van der Waals surface area contributed by atoms with Gasteiger partial charge in [-0.3, -0.25) is 0 Å². The molecule has 0 aliphatic heterocycles. The van der Waals surface area contributed by atoms with Gasteiger partial charge in [-0.15, -0.1) is 0 Å². The van der Waals surface area contributed by atoms with Crippen molar-refractivity contribution in [2.75, 3.05) is 0 Å². The molecule has 1 aromatic carbocycles. The summed E-state index contributed by atoms with van der Waals surface area (Å²) >= 11 is 0. The molecular formula is C6H5O2S. The van der Waals surface area contributed by atoms with Crippen LogP contribution in [0.4, 0.5) is 0 Å². The van der Waals surface area contributed by atoms with Crippen LogP contribution in [-0.4, -0.2) is 8.42 Å². The van der Waals surface area contributed by atoms with E-state index >= 15 is 0 Å². The number of hydrogen-bond acceptors (Lipinski definition) is 2. The van der Waals surface area contributed by atoms with E-state index in [9.17, 15) is 8.42 Å². The van der Waals surface area contributed by atoms with Crippen LogP contribution in [0.25, 0.3) is 0 Å². The van der Waals surface area contributed by atoms with E-state index < -0.39 is 10.7 Å². The first kappa shape index (κ1) is 6.29. The highest BCUT2D eigenvalue weighted by Gasteiger charge is 1.87. The Balaban J connectivity index is 3.13. The van der Waals surface area contributed by atoms with Crippen molar-refractivity contribution in [3.05, 3.63) is 30.3 Å². The van der Waals surface area contributed by atoms with Crippen LogP contribution in [0.15, 0.2) is 29.2 Å². The summed E-state index contributed by atoms with van der Waals surface area (Å²) in [7, 11) is -2.42. The Bertz CT molecular complexity index is 243. The standard InChI is InChI=1S/C6H5O2S/c7-9(8)6-4-2-1-3-5-6/h2-5,9H. The van der Waals surface area contributed by atoms with Crippen molar-refractivity contribution < 1.29 is 8.42 Å². The SMILES string of the molecule is O=[SH](=O)c1cc[c]cc1. The topological polar surface area (TPSA) is 34.1 Å². The molecule has 0 saturated carbocycles. The van der Waals surface area contributed by atoms with Gasteiger partial charge in [0.2, 0.25) is 0 Å². The Morgan fingerprint density at radius 3 is 2.11 bits per heavy atom. The van der Waals surface area contributed by atoms with Crippen molar-refractivity contribution in [3.8, 4) is 0 Å². The lowest BCUT2D eigenvalue weighted by molar-refractivity contribution is 0.614. The van der Waals surface area contributed by atoms with E-state index in [0.29, 0.717) is 4.90 Å². The van der Waals surface area contributed by atoms with Gasteiger partial charge in [0.05, 0.1) is 4.90 Å². The quantitative estimate of drug-likeness (QED) is 0.576. The van der Waals surface area contributed by atoms with E-state index in [1.165, 1.54) is 12.1 Å². The fourth-order valence-corrected chi connectivity index (χ4v) is 0.892. The van der Waals surface area contributed by atoms with Crippen molar-refractivity contribution in [2.45, 2.75) is 4.90 Å². The summed E-state index contributed by atoms with van der Waals surface area (Å²) in [4.78, 5) is 0.337. The minimum Gasteiger partial charge on any atom is -0.227 e. The third kappa shape index (κ3) is 1.54. The van der Waals surface area contributed by atoms with Crippen LogP contribution in [0.5, 0.6) is 0 Å². The van der Waals surface area contributed by atoms with E-state index in [-0.39, 0.29) is 0 Å². The molecule has 0 heterocycles. The van der Waals surface area contributed by atoms with E-state index in [1.54, 1.807) is 12.1 Å². The molecule has 0 aliphatic carbocycles. The number of benzene rings is 1. The lowest BCUT2D eigenvalue weighted by Gasteiger charge is -1.83. The highest BCUT2D eigenvalue weighted by atomic mass is 32.2. The fourth-order valence-electron chi connectivity index (χ4n) is 0.500. The minimum absolute atomic E-state index is 0.337. The molecule has 3 heteroatoms. The maximum atomic E-state index is 10.2. The predicted molar refractivity (Wildman–Crippen MR) is 33.9 cm³/mol. The van der Waals surface area contributed by atoms with Crippen LogP contribution in [0.3, 0.4) is 0 Å². The molecule has 2 nitrogen and oxygen atoms in total. The van der Waals surface area contributed by atoms with E-state index in [1.807, 2.05) is 0 Å². The molecule has 0 N–H and O–H groups in total. The van der Waals surface area contributed by atoms with Gasteiger partial charge in [0, 0.05) is 0 Å². The molecule has 0 atom stereocenters.